The van der Waals surface area contributed by atoms with E-state index in [0.29, 0.717) is 11.6 Å². The van der Waals surface area contributed by atoms with Crippen molar-refractivity contribution in [1.82, 2.24) is 14.5 Å². The predicted octanol–water partition coefficient (Wildman–Crippen LogP) is 2.21. The molecule has 3 rings (SSSR count). The quantitative estimate of drug-likeness (QED) is 0.613. The number of imidazole rings is 1. The highest BCUT2D eigenvalue weighted by atomic mass is 16.6. The minimum absolute atomic E-state index is 0.0983. The molecule has 19 heavy (non-hydrogen) atoms. The Labute approximate surface area is 110 Å². The average Bonchev–Trinajstić information content (AvgIpc) is 2.82. The van der Waals surface area contributed by atoms with Crippen LogP contribution in [0.5, 0.6) is 0 Å². The fourth-order valence-corrected chi connectivity index (χ4v) is 2.70. The Bertz CT molecular complexity index is 614. The molecule has 0 unspecified atom stereocenters. The van der Waals surface area contributed by atoms with Gasteiger partial charge in [0.15, 0.2) is 0 Å². The lowest BCUT2D eigenvalue weighted by Gasteiger charge is -2.30. The number of benzene rings is 1. The first kappa shape index (κ1) is 12.1. The third-order valence-corrected chi connectivity index (χ3v) is 3.85. The number of nitro groups is 1. The zero-order valence-electron chi connectivity index (χ0n) is 10.8. The molecule has 1 fully saturated rings. The Hall–Kier alpha value is -1.95. The highest BCUT2D eigenvalue weighted by Crippen LogP contribution is 2.27. The number of rotatable bonds is 2. The number of fused-ring (bicyclic) bond motifs is 1. The van der Waals surface area contributed by atoms with Crippen LogP contribution in [-0.2, 0) is 0 Å². The topological polar surface area (TPSA) is 64.2 Å². The predicted molar refractivity (Wildman–Crippen MR) is 72.2 cm³/mol. The fourth-order valence-electron chi connectivity index (χ4n) is 2.70. The van der Waals surface area contributed by atoms with Gasteiger partial charge in [-0.3, -0.25) is 10.1 Å². The van der Waals surface area contributed by atoms with Crippen molar-refractivity contribution in [3.05, 3.63) is 34.6 Å². The summed E-state index contributed by atoms with van der Waals surface area (Å²) in [5.74, 6) is 0. The summed E-state index contributed by atoms with van der Waals surface area (Å²) in [5.41, 5.74) is 1.79. The zero-order valence-corrected chi connectivity index (χ0v) is 10.8. The standard InChI is InChI=1S/C13H16N4O2/c1-15-6-4-10(5-7-15)16-9-14-12-8-11(17(18)19)2-3-13(12)16/h2-3,8-10H,4-7H2,1H3. The molecule has 1 saturated heterocycles. The van der Waals surface area contributed by atoms with Crippen LogP contribution in [0.2, 0.25) is 0 Å². The molecular weight excluding hydrogens is 244 g/mol. The number of nitrogens with zero attached hydrogens (tertiary/aromatic N) is 4. The number of hydrogen-bond acceptors (Lipinski definition) is 4. The zero-order chi connectivity index (χ0) is 13.4. The molecule has 0 bridgehead atoms. The molecule has 100 valence electrons. The van der Waals surface area contributed by atoms with Gasteiger partial charge in [-0.25, -0.2) is 4.98 Å². The van der Waals surface area contributed by atoms with Gasteiger partial charge < -0.3 is 9.47 Å². The first-order chi connectivity index (χ1) is 9.15. The van der Waals surface area contributed by atoms with E-state index in [1.165, 1.54) is 0 Å². The molecule has 6 heteroatoms. The molecule has 1 aliphatic heterocycles. The molecule has 0 N–H and O–H groups in total. The molecule has 0 spiro atoms. The summed E-state index contributed by atoms with van der Waals surface area (Å²) in [6, 6.07) is 5.34. The highest BCUT2D eigenvalue weighted by molar-refractivity contribution is 5.78. The van der Waals surface area contributed by atoms with Crippen LogP contribution in [0, 0.1) is 10.1 Å². The SMILES string of the molecule is CN1CCC(n2cnc3cc([N+](=O)[O-])ccc32)CC1. The first-order valence-electron chi connectivity index (χ1n) is 6.44. The highest BCUT2D eigenvalue weighted by Gasteiger charge is 2.20. The van der Waals surface area contributed by atoms with Crippen molar-refractivity contribution in [1.29, 1.82) is 0 Å². The summed E-state index contributed by atoms with van der Waals surface area (Å²) in [5, 5.41) is 10.8. The van der Waals surface area contributed by atoms with Gasteiger partial charge >= 0.3 is 0 Å². The first-order valence-corrected chi connectivity index (χ1v) is 6.44. The van der Waals surface area contributed by atoms with Gasteiger partial charge in [-0.2, -0.15) is 0 Å². The van der Waals surface area contributed by atoms with Gasteiger partial charge in [0, 0.05) is 18.2 Å². The summed E-state index contributed by atoms with van der Waals surface area (Å²) in [7, 11) is 2.13. The second kappa shape index (κ2) is 4.62. The van der Waals surface area contributed by atoms with Gasteiger partial charge in [0.05, 0.1) is 22.3 Å². The Morgan fingerprint density at radius 2 is 2.11 bits per heavy atom. The van der Waals surface area contributed by atoms with E-state index in [9.17, 15) is 10.1 Å². The molecule has 0 atom stereocenters. The number of aromatic nitrogens is 2. The van der Waals surface area contributed by atoms with Crippen LogP contribution >= 0.6 is 0 Å². The number of nitro benzene ring substituents is 1. The van der Waals surface area contributed by atoms with Gasteiger partial charge in [-0.15, -0.1) is 0 Å². The molecule has 2 aromatic rings. The summed E-state index contributed by atoms with van der Waals surface area (Å²) in [4.78, 5) is 17.0. The van der Waals surface area contributed by atoms with Gasteiger partial charge in [0.1, 0.15) is 0 Å². The largest absolute Gasteiger partial charge is 0.327 e. The lowest BCUT2D eigenvalue weighted by molar-refractivity contribution is -0.384. The van der Waals surface area contributed by atoms with E-state index in [4.69, 9.17) is 0 Å². The van der Waals surface area contributed by atoms with E-state index in [1.54, 1.807) is 18.2 Å². The molecule has 2 heterocycles. The molecule has 1 aromatic carbocycles. The molecule has 1 aliphatic rings. The summed E-state index contributed by atoms with van der Waals surface area (Å²) >= 11 is 0. The van der Waals surface area contributed by atoms with Crippen molar-refractivity contribution < 1.29 is 4.92 Å². The van der Waals surface area contributed by atoms with Crippen LogP contribution in [0.15, 0.2) is 24.5 Å². The van der Waals surface area contributed by atoms with Crippen molar-refractivity contribution >= 4 is 16.7 Å². The van der Waals surface area contributed by atoms with Crippen molar-refractivity contribution in [2.75, 3.05) is 20.1 Å². The maximum absolute atomic E-state index is 10.8. The van der Waals surface area contributed by atoms with E-state index in [0.717, 1.165) is 31.4 Å². The van der Waals surface area contributed by atoms with Crippen molar-refractivity contribution in [3.63, 3.8) is 0 Å². The van der Waals surface area contributed by atoms with Crippen molar-refractivity contribution in [2.45, 2.75) is 18.9 Å². The third-order valence-electron chi connectivity index (χ3n) is 3.85. The summed E-state index contributed by atoms with van der Waals surface area (Å²) in [6.45, 7) is 2.16. The van der Waals surface area contributed by atoms with Gasteiger partial charge in [0.25, 0.3) is 5.69 Å². The van der Waals surface area contributed by atoms with E-state index in [2.05, 4.69) is 21.5 Å². The molecule has 0 aliphatic carbocycles. The van der Waals surface area contributed by atoms with E-state index in [1.807, 2.05) is 6.33 Å². The monoisotopic (exact) mass is 260 g/mol. The van der Waals surface area contributed by atoms with Gasteiger partial charge in [-0.05, 0) is 39.0 Å². The van der Waals surface area contributed by atoms with Crippen LogP contribution < -0.4 is 0 Å². The Balaban J connectivity index is 1.95. The molecular formula is C13H16N4O2. The smallest absolute Gasteiger partial charge is 0.271 e. The fraction of sp³-hybridized carbons (Fsp3) is 0.462. The van der Waals surface area contributed by atoms with Crippen molar-refractivity contribution in [3.8, 4) is 0 Å². The molecule has 0 radical (unpaired) electrons. The molecule has 6 nitrogen and oxygen atoms in total. The van der Waals surface area contributed by atoms with Crippen molar-refractivity contribution in [2.24, 2.45) is 0 Å². The number of piperidine rings is 1. The number of hydrogen-bond donors (Lipinski definition) is 0. The van der Waals surface area contributed by atoms with E-state index in [-0.39, 0.29) is 10.6 Å². The summed E-state index contributed by atoms with van der Waals surface area (Å²) < 4.78 is 2.16. The maximum atomic E-state index is 10.8. The lowest BCUT2D eigenvalue weighted by atomic mass is 10.1. The number of non-ortho nitro benzene ring substituents is 1. The van der Waals surface area contributed by atoms with Crippen LogP contribution in [0.25, 0.3) is 11.0 Å². The minimum atomic E-state index is -0.381. The third kappa shape index (κ3) is 2.19. The van der Waals surface area contributed by atoms with Gasteiger partial charge in [0.2, 0.25) is 0 Å². The van der Waals surface area contributed by atoms with Crippen LogP contribution in [0.3, 0.4) is 0 Å². The second-order valence-electron chi connectivity index (χ2n) is 5.12. The van der Waals surface area contributed by atoms with E-state index >= 15 is 0 Å². The maximum Gasteiger partial charge on any atom is 0.271 e. The lowest BCUT2D eigenvalue weighted by Crippen LogP contribution is -2.31. The van der Waals surface area contributed by atoms with E-state index < -0.39 is 0 Å². The van der Waals surface area contributed by atoms with Crippen LogP contribution in [0.4, 0.5) is 5.69 Å². The molecule has 0 saturated carbocycles. The Morgan fingerprint density at radius 3 is 2.79 bits per heavy atom. The number of likely N-dealkylation sites (tertiary alicyclic amines) is 1. The van der Waals surface area contributed by atoms with Crippen LogP contribution in [-0.4, -0.2) is 39.5 Å². The van der Waals surface area contributed by atoms with Gasteiger partial charge in [-0.1, -0.05) is 0 Å². The molecule has 1 aromatic heterocycles. The molecule has 0 amide bonds. The average molecular weight is 260 g/mol. The second-order valence-corrected chi connectivity index (χ2v) is 5.12. The summed E-state index contributed by atoms with van der Waals surface area (Å²) in [6.07, 6.45) is 4.00. The Morgan fingerprint density at radius 1 is 1.37 bits per heavy atom. The van der Waals surface area contributed by atoms with Crippen LogP contribution in [0.1, 0.15) is 18.9 Å². The normalized spacial score (nSPS) is 17.9. The Kier molecular flexibility index (Phi) is 2.94. The minimum Gasteiger partial charge on any atom is -0.327 e.